The van der Waals surface area contributed by atoms with E-state index >= 15 is 0 Å². The van der Waals surface area contributed by atoms with Gasteiger partial charge in [-0.3, -0.25) is 0 Å². The molecular formula is C15H23FN2. The fourth-order valence-electron chi connectivity index (χ4n) is 2.78. The number of hydrogen-bond acceptors (Lipinski definition) is 2. The molecular weight excluding hydrogens is 227 g/mol. The van der Waals surface area contributed by atoms with E-state index in [2.05, 4.69) is 25.7 Å². The van der Waals surface area contributed by atoms with Crippen molar-refractivity contribution in [1.82, 2.24) is 0 Å². The minimum absolute atomic E-state index is 0.160. The lowest BCUT2D eigenvalue weighted by Gasteiger charge is -2.34. The van der Waals surface area contributed by atoms with Gasteiger partial charge in [0.25, 0.3) is 0 Å². The minimum atomic E-state index is -0.160. The van der Waals surface area contributed by atoms with Crippen LogP contribution in [-0.4, -0.2) is 19.1 Å². The van der Waals surface area contributed by atoms with Gasteiger partial charge in [-0.15, -0.1) is 0 Å². The summed E-state index contributed by atoms with van der Waals surface area (Å²) >= 11 is 0. The van der Waals surface area contributed by atoms with Crippen molar-refractivity contribution in [2.75, 3.05) is 18.0 Å². The first kappa shape index (κ1) is 13.3. The molecule has 0 aliphatic carbocycles. The van der Waals surface area contributed by atoms with Crippen molar-refractivity contribution in [3.05, 3.63) is 29.6 Å². The number of benzene rings is 1. The summed E-state index contributed by atoms with van der Waals surface area (Å²) in [5, 5.41) is 0. The first-order valence-electron chi connectivity index (χ1n) is 6.66. The molecule has 0 bridgehead atoms. The van der Waals surface area contributed by atoms with Crippen molar-refractivity contribution in [3.63, 3.8) is 0 Å². The maximum absolute atomic E-state index is 13.4. The summed E-state index contributed by atoms with van der Waals surface area (Å²) in [4.78, 5) is 2.28. The average molecular weight is 250 g/mol. The van der Waals surface area contributed by atoms with Gasteiger partial charge in [0.1, 0.15) is 5.82 Å². The highest BCUT2D eigenvalue weighted by molar-refractivity contribution is 5.59. The van der Waals surface area contributed by atoms with Crippen molar-refractivity contribution in [3.8, 4) is 0 Å². The lowest BCUT2D eigenvalue weighted by Crippen LogP contribution is -2.42. The second kappa shape index (κ2) is 4.88. The Labute approximate surface area is 109 Å². The first-order valence-corrected chi connectivity index (χ1v) is 6.66. The number of fused-ring (bicyclic) bond motifs is 1. The van der Waals surface area contributed by atoms with Crippen molar-refractivity contribution in [1.29, 1.82) is 0 Å². The standard InChI is InChI=1S/C15H23FN2/c1-15(2,3)9-13(10-17)18-7-6-11-4-5-12(16)8-14(11)18/h4-5,8,13H,6-7,9-10,17H2,1-3H3. The average Bonchev–Trinajstić information content (AvgIpc) is 2.67. The summed E-state index contributed by atoms with van der Waals surface area (Å²) in [5.41, 5.74) is 8.43. The van der Waals surface area contributed by atoms with Crippen LogP contribution in [0.25, 0.3) is 0 Å². The zero-order valence-corrected chi connectivity index (χ0v) is 11.5. The zero-order valence-electron chi connectivity index (χ0n) is 11.5. The SMILES string of the molecule is CC(C)(C)CC(CN)N1CCc2ccc(F)cc21. The van der Waals surface area contributed by atoms with Gasteiger partial charge in [-0.05, 0) is 36.0 Å². The Hall–Kier alpha value is -1.09. The molecule has 2 rings (SSSR count). The van der Waals surface area contributed by atoms with Crippen molar-refractivity contribution in [2.45, 2.75) is 39.7 Å². The van der Waals surface area contributed by atoms with E-state index in [9.17, 15) is 4.39 Å². The molecule has 0 saturated heterocycles. The van der Waals surface area contributed by atoms with Gasteiger partial charge in [-0.1, -0.05) is 26.8 Å². The molecule has 100 valence electrons. The lowest BCUT2D eigenvalue weighted by molar-refractivity contribution is 0.333. The van der Waals surface area contributed by atoms with Crippen LogP contribution < -0.4 is 10.6 Å². The maximum Gasteiger partial charge on any atom is 0.125 e. The quantitative estimate of drug-likeness (QED) is 0.893. The Kier molecular flexibility index (Phi) is 3.62. The summed E-state index contributed by atoms with van der Waals surface area (Å²) in [6, 6.07) is 5.39. The van der Waals surface area contributed by atoms with Crippen LogP contribution >= 0.6 is 0 Å². The highest BCUT2D eigenvalue weighted by atomic mass is 19.1. The number of nitrogens with zero attached hydrogens (tertiary/aromatic N) is 1. The predicted octanol–water partition coefficient (Wildman–Crippen LogP) is 2.95. The van der Waals surface area contributed by atoms with Gasteiger partial charge < -0.3 is 10.6 Å². The van der Waals surface area contributed by atoms with Gasteiger partial charge in [0.2, 0.25) is 0 Å². The highest BCUT2D eigenvalue weighted by Gasteiger charge is 2.28. The molecule has 2 N–H and O–H groups in total. The number of nitrogens with two attached hydrogens (primary N) is 1. The Balaban J connectivity index is 2.23. The van der Waals surface area contributed by atoms with Crippen LogP contribution in [0.1, 0.15) is 32.8 Å². The summed E-state index contributed by atoms with van der Waals surface area (Å²) in [6.45, 7) is 8.23. The summed E-state index contributed by atoms with van der Waals surface area (Å²) in [7, 11) is 0. The summed E-state index contributed by atoms with van der Waals surface area (Å²) in [5.74, 6) is -0.160. The largest absolute Gasteiger partial charge is 0.367 e. The normalized spacial score (nSPS) is 16.8. The van der Waals surface area contributed by atoms with Crippen molar-refractivity contribution >= 4 is 5.69 Å². The van der Waals surface area contributed by atoms with Gasteiger partial charge in [-0.2, -0.15) is 0 Å². The van der Waals surface area contributed by atoms with Gasteiger partial charge in [-0.25, -0.2) is 4.39 Å². The van der Waals surface area contributed by atoms with E-state index in [1.807, 2.05) is 6.07 Å². The van der Waals surface area contributed by atoms with Crippen LogP contribution in [0.3, 0.4) is 0 Å². The third-order valence-electron chi connectivity index (χ3n) is 3.54. The molecule has 1 atom stereocenters. The fourth-order valence-corrected chi connectivity index (χ4v) is 2.78. The fraction of sp³-hybridized carbons (Fsp3) is 0.600. The molecule has 1 heterocycles. The van der Waals surface area contributed by atoms with Gasteiger partial charge >= 0.3 is 0 Å². The van der Waals surface area contributed by atoms with E-state index in [0.29, 0.717) is 12.6 Å². The molecule has 2 nitrogen and oxygen atoms in total. The Bertz CT molecular complexity index is 423. The van der Waals surface area contributed by atoms with E-state index in [-0.39, 0.29) is 11.2 Å². The molecule has 1 unspecified atom stereocenters. The van der Waals surface area contributed by atoms with Crippen LogP contribution in [0, 0.1) is 11.2 Å². The molecule has 1 aliphatic rings. The van der Waals surface area contributed by atoms with E-state index in [1.165, 1.54) is 5.56 Å². The molecule has 0 spiro atoms. The van der Waals surface area contributed by atoms with Gasteiger partial charge in [0.05, 0.1) is 0 Å². The van der Waals surface area contributed by atoms with E-state index in [4.69, 9.17) is 5.73 Å². The molecule has 0 saturated carbocycles. The lowest BCUT2D eigenvalue weighted by atomic mass is 9.87. The van der Waals surface area contributed by atoms with Crippen LogP contribution in [-0.2, 0) is 6.42 Å². The molecule has 0 amide bonds. The van der Waals surface area contributed by atoms with E-state index in [1.54, 1.807) is 12.1 Å². The third-order valence-corrected chi connectivity index (χ3v) is 3.54. The van der Waals surface area contributed by atoms with E-state index in [0.717, 1.165) is 25.1 Å². The Morgan fingerprint density at radius 1 is 1.39 bits per heavy atom. The zero-order chi connectivity index (χ0) is 13.3. The topological polar surface area (TPSA) is 29.3 Å². The first-order chi connectivity index (χ1) is 8.40. The Morgan fingerprint density at radius 3 is 2.72 bits per heavy atom. The predicted molar refractivity (Wildman–Crippen MR) is 74.4 cm³/mol. The Morgan fingerprint density at radius 2 is 2.11 bits per heavy atom. The van der Waals surface area contributed by atoms with Gasteiger partial charge in [0, 0.05) is 24.8 Å². The second-order valence-corrected chi connectivity index (χ2v) is 6.37. The summed E-state index contributed by atoms with van der Waals surface area (Å²) in [6.07, 6.45) is 2.02. The molecule has 3 heteroatoms. The maximum atomic E-state index is 13.4. The number of hydrogen-bond donors (Lipinski definition) is 1. The van der Waals surface area contributed by atoms with Crippen molar-refractivity contribution in [2.24, 2.45) is 11.1 Å². The highest BCUT2D eigenvalue weighted by Crippen LogP contribution is 2.33. The second-order valence-electron chi connectivity index (χ2n) is 6.37. The molecule has 1 aromatic rings. The van der Waals surface area contributed by atoms with Crippen molar-refractivity contribution < 1.29 is 4.39 Å². The smallest absolute Gasteiger partial charge is 0.125 e. The monoisotopic (exact) mass is 250 g/mol. The molecule has 0 fully saturated rings. The van der Waals surface area contributed by atoms with Crippen LogP contribution in [0.2, 0.25) is 0 Å². The number of rotatable bonds is 3. The molecule has 1 aromatic carbocycles. The number of halogens is 1. The third kappa shape index (κ3) is 2.83. The number of anilines is 1. The molecule has 0 aromatic heterocycles. The minimum Gasteiger partial charge on any atom is -0.367 e. The van der Waals surface area contributed by atoms with Crippen LogP contribution in [0.4, 0.5) is 10.1 Å². The molecule has 18 heavy (non-hydrogen) atoms. The molecule has 1 aliphatic heterocycles. The van der Waals surface area contributed by atoms with E-state index < -0.39 is 0 Å². The summed E-state index contributed by atoms with van der Waals surface area (Å²) < 4.78 is 13.4. The van der Waals surface area contributed by atoms with Gasteiger partial charge in [0.15, 0.2) is 0 Å². The molecule has 0 radical (unpaired) electrons. The van der Waals surface area contributed by atoms with Crippen LogP contribution in [0.5, 0.6) is 0 Å². The van der Waals surface area contributed by atoms with Crippen LogP contribution in [0.15, 0.2) is 18.2 Å².